The fourth-order valence-electron chi connectivity index (χ4n) is 3.61. The van der Waals surface area contributed by atoms with Gasteiger partial charge in [-0.2, -0.15) is 0 Å². The van der Waals surface area contributed by atoms with Crippen LogP contribution < -0.4 is 0 Å². The number of ether oxygens (including phenoxy) is 2. The lowest BCUT2D eigenvalue weighted by Gasteiger charge is -2.39. The van der Waals surface area contributed by atoms with Gasteiger partial charge in [0.05, 0.1) is 31.1 Å². The molecule has 118 valence electrons. The highest BCUT2D eigenvalue weighted by molar-refractivity contribution is 5.81. The molecule has 0 aromatic carbocycles. The minimum atomic E-state index is 0.0279. The summed E-state index contributed by atoms with van der Waals surface area (Å²) in [5.41, 5.74) is 0.938. The molecule has 0 N–H and O–H groups in total. The van der Waals surface area contributed by atoms with Crippen molar-refractivity contribution in [2.75, 3.05) is 13.2 Å². The number of nitrogens with zero attached hydrogens (tertiary/aromatic N) is 2. The van der Waals surface area contributed by atoms with E-state index in [-0.39, 0.29) is 24.2 Å². The van der Waals surface area contributed by atoms with Crippen molar-refractivity contribution in [1.82, 2.24) is 9.88 Å². The second-order valence-electron chi connectivity index (χ2n) is 6.46. The van der Waals surface area contributed by atoms with Crippen LogP contribution in [0.25, 0.3) is 0 Å². The second kappa shape index (κ2) is 5.97. The summed E-state index contributed by atoms with van der Waals surface area (Å²) in [4.78, 5) is 18.8. The largest absolute Gasteiger partial charge is 0.372 e. The molecule has 5 heteroatoms. The number of rotatable bonds is 4. The molecule has 1 amide bonds. The predicted molar refractivity (Wildman–Crippen MR) is 80.0 cm³/mol. The monoisotopic (exact) mass is 302 g/mol. The van der Waals surface area contributed by atoms with Crippen LogP contribution >= 0.6 is 0 Å². The smallest absolute Gasteiger partial charge is 0.226 e. The topological polar surface area (TPSA) is 51.7 Å². The lowest BCUT2D eigenvalue weighted by atomic mass is 10.1. The van der Waals surface area contributed by atoms with Gasteiger partial charge in [0.1, 0.15) is 6.10 Å². The predicted octanol–water partition coefficient (Wildman–Crippen LogP) is 1.77. The average Bonchev–Trinajstić information content (AvgIpc) is 3.33. The first-order valence-corrected chi connectivity index (χ1v) is 8.26. The summed E-state index contributed by atoms with van der Waals surface area (Å²) in [6.07, 6.45) is 5.94. The number of morpholine rings is 1. The molecule has 0 unspecified atom stereocenters. The maximum Gasteiger partial charge on any atom is 0.226 e. The van der Waals surface area contributed by atoms with E-state index in [4.69, 9.17) is 9.47 Å². The van der Waals surface area contributed by atoms with Gasteiger partial charge in [-0.15, -0.1) is 0 Å². The van der Waals surface area contributed by atoms with Gasteiger partial charge in [-0.25, -0.2) is 0 Å². The molecule has 2 saturated carbocycles. The van der Waals surface area contributed by atoms with E-state index in [0.717, 1.165) is 37.9 Å². The molecule has 2 heterocycles. The quantitative estimate of drug-likeness (QED) is 0.850. The third-order valence-electron chi connectivity index (χ3n) is 4.92. The van der Waals surface area contributed by atoms with Gasteiger partial charge in [-0.3, -0.25) is 9.78 Å². The van der Waals surface area contributed by atoms with Gasteiger partial charge in [0.25, 0.3) is 0 Å². The highest BCUT2D eigenvalue weighted by Crippen LogP contribution is 2.37. The van der Waals surface area contributed by atoms with Gasteiger partial charge in [0, 0.05) is 18.7 Å². The van der Waals surface area contributed by atoms with Crippen LogP contribution in [0.5, 0.6) is 0 Å². The number of hydrogen-bond acceptors (Lipinski definition) is 4. The molecule has 3 atom stereocenters. The van der Waals surface area contributed by atoms with E-state index in [2.05, 4.69) is 9.88 Å². The van der Waals surface area contributed by atoms with Gasteiger partial charge >= 0.3 is 0 Å². The SMILES string of the molecule is O=C(C1CC1)N1CCO[C@H]2[C@H](OCc3ccccn3)CC[C@@H]21. The number of pyridine rings is 1. The Balaban J connectivity index is 1.38. The van der Waals surface area contributed by atoms with E-state index in [1.165, 1.54) is 0 Å². The number of fused-ring (bicyclic) bond motifs is 1. The minimum absolute atomic E-state index is 0.0279. The van der Waals surface area contributed by atoms with Crippen molar-refractivity contribution in [2.45, 2.75) is 50.5 Å². The lowest BCUT2D eigenvalue weighted by Crippen LogP contribution is -2.54. The number of hydrogen-bond donors (Lipinski definition) is 0. The maximum atomic E-state index is 12.4. The van der Waals surface area contributed by atoms with Crippen LogP contribution in [0.1, 0.15) is 31.4 Å². The third-order valence-corrected chi connectivity index (χ3v) is 4.92. The van der Waals surface area contributed by atoms with Crippen LogP contribution in [-0.4, -0.2) is 47.2 Å². The Bertz CT molecular complexity index is 532. The van der Waals surface area contributed by atoms with Crippen LogP contribution in [0, 0.1) is 5.92 Å². The van der Waals surface area contributed by atoms with Crippen LogP contribution in [0.4, 0.5) is 0 Å². The van der Waals surface area contributed by atoms with Crippen molar-refractivity contribution in [1.29, 1.82) is 0 Å². The van der Waals surface area contributed by atoms with E-state index in [1.54, 1.807) is 6.20 Å². The van der Waals surface area contributed by atoms with Crippen LogP contribution in [0.2, 0.25) is 0 Å². The first-order chi connectivity index (χ1) is 10.8. The van der Waals surface area contributed by atoms with E-state index in [9.17, 15) is 4.79 Å². The Morgan fingerprint density at radius 1 is 1.32 bits per heavy atom. The van der Waals surface area contributed by atoms with Crippen LogP contribution in [0.15, 0.2) is 24.4 Å². The van der Waals surface area contributed by atoms with Crippen molar-refractivity contribution < 1.29 is 14.3 Å². The first-order valence-electron chi connectivity index (χ1n) is 8.26. The molecular weight excluding hydrogens is 280 g/mol. The molecule has 5 nitrogen and oxygen atoms in total. The second-order valence-corrected chi connectivity index (χ2v) is 6.46. The average molecular weight is 302 g/mol. The number of carbonyl (C=O) groups is 1. The summed E-state index contributed by atoms with van der Waals surface area (Å²) in [7, 11) is 0. The molecule has 22 heavy (non-hydrogen) atoms. The maximum absolute atomic E-state index is 12.4. The van der Waals surface area contributed by atoms with Gasteiger partial charge in [-0.05, 0) is 37.8 Å². The molecule has 3 fully saturated rings. The van der Waals surface area contributed by atoms with Gasteiger partial charge in [0.2, 0.25) is 5.91 Å². The van der Waals surface area contributed by atoms with E-state index >= 15 is 0 Å². The van der Waals surface area contributed by atoms with E-state index < -0.39 is 0 Å². The highest BCUT2D eigenvalue weighted by Gasteiger charge is 2.47. The fraction of sp³-hybridized carbons (Fsp3) is 0.647. The Hall–Kier alpha value is -1.46. The zero-order valence-corrected chi connectivity index (χ0v) is 12.7. The normalized spacial score (nSPS) is 31.1. The molecule has 2 aliphatic carbocycles. The molecule has 3 aliphatic rings. The van der Waals surface area contributed by atoms with Crippen molar-refractivity contribution in [2.24, 2.45) is 5.92 Å². The number of amides is 1. The van der Waals surface area contributed by atoms with E-state index in [0.29, 0.717) is 19.1 Å². The summed E-state index contributed by atoms with van der Waals surface area (Å²) < 4.78 is 12.0. The zero-order valence-electron chi connectivity index (χ0n) is 12.7. The molecule has 1 aliphatic heterocycles. The van der Waals surface area contributed by atoms with Crippen molar-refractivity contribution in [3.05, 3.63) is 30.1 Å². The summed E-state index contributed by atoms with van der Waals surface area (Å²) in [6, 6.07) is 6.05. The van der Waals surface area contributed by atoms with Gasteiger partial charge in [0.15, 0.2) is 0 Å². The van der Waals surface area contributed by atoms with Crippen molar-refractivity contribution in [3.8, 4) is 0 Å². The standard InChI is InChI=1S/C17H22N2O3/c20-17(12-4-5-12)19-9-10-21-16-14(19)6-7-15(16)22-11-13-3-1-2-8-18-13/h1-3,8,12,14-16H,4-7,9-11H2/t14-,15+,16+/m0/s1. The fourth-order valence-corrected chi connectivity index (χ4v) is 3.61. The van der Waals surface area contributed by atoms with Gasteiger partial charge in [-0.1, -0.05) is 6.07 Å². The zero-order chi connectivity index (χ0) is 14.9. The van der Waals surface area contributed by atoms with Crippen LogP contribution in [0.3, 0.4) is 0 Å². The molecule has 0 bridgehead atoms. The molecule has 1 aromatic rings. The highest BCUT2D eigenvalue weighted by atomic mass is 16.5. The third kappa shape index (κ3) is 2.75. The van der Waals surface area contributed by atoms with Crippen molar-refractivity contribution >= 4 is 5.91 Å². The molecule has 1 aromatic heterocycles. The Morgan fingerprint density at radius 2 is 2.23 bits per heavy atom. The lowest BCUT2D eigenvalue weighted by molar-refractivity contribution is -0.153. The first kappa shape index (κ1) is 14.2. The van der Waals surface area contributed by atoms with Crippen LogP contribution in [-0.2, 0) is 20.9 Å². The Morgan fingerprint density at radius 3 is 3.00 bits per heavy atom. The number of carbonyl (C=O) groups excluding carboxylic acids is 1. The molecule has 0 radical (unpaired) electrons. The minimum Gasteiger partial charge on any atom is -0.372 e. The van der Waals surface area contributed by atoms with E-state index in [1.807, 2.05) is 18.2 Å². The molecular formula is C17H22N2O3. The summed E-state index contributed by atoms with van der Waals surface area (Å²) in [6.45, 7) is 1.88. The molecule has 0 spiro atoms. The molecule has 4 rings (SSSR count). The summed E-state index contributed by atoms with van der Waals surface area (Å²) >= 11 is 0. The molecule has 1 saturated heterocycles. The Kier molecular flexibility index (Phi) is 3.84. The summed E-state index contributed by atoms with van der Waals surface area (Å²) in [5.74, 6) is 0.621. The van der Waals surface area contributed by atoms with Crippen molar-refractivity contribution in [3.63, 3.8) is 0 Å². The summed E-state index contributed by atoms with van der Waals surface area (Å²) in [5, 5.41) is 0. The number of aromatic nitrogens is 1. The van der Waals surface area contributed by atoms with Gasteiger partial charge < -0.3 is 14.4 Å². The Labute approximate surface area is 130 Å².